The predicted octanol–water partition coefficient (Wildman–Crippen LogP) is 4.52. The van der Waals surface area contributed by atoms with Crippen LogP contribution in [0.2, 0.25) is 0 Å². The van der Waals surface area contributed by atoms with Crippen molar-refractivity contribution in [2.75, 3.05) is 5.32 Å². The van der Waals surface area contributed by atoms with E-state index in [0.29, 0.717) is 23.2 Å². The number of carbonyl (C=O) groups is 2. The van der Waals surface area contributed by atoms with Crippen LogP contribution >= 0.6 is 11.3 Å². The molecule has 1 aliphatic carbocycles. The molecule has 144 valence electrons. The van der Waals surface area contributed by atoms with Crippen molar-refractivity contribution in [3.8, 4) is 0 Å². The van der Waals surface area contributed by atoms with E-state index < -0.39 is 0 Å². The van der Waals surface area contributed by atoms with Gasteiger partial charge >= 0.3 is 0 Å². The Morgan fingerprint density at radius 3 is 2.66 bits per heavy atom. The second kappa shape index (κ2) is 7.29. The Hall–Kier alpha value is -3.25. The van der Waals surface area contributed by atoms with Crippen LogP contribution in [0.3, 0.4) is 0 Å². The molecule has 0 aliphatic heterocycles. The second-order valence-corrected chi connectivity index (χ2v) is 8.39. The molecule has 6 heteroatoms. The lowest BCUT2D eigenvalue weighted by Crippen LogP contribution is -2.26. The number of rotatable bonds is 5. The summed E-state index contributed by atoms with van der Waals surface area (Å²) < 4.78 is 0.954. The van der Waals surface area contributed by atoms with Crippen LogP contribution in [0.25, 0.3) is 21.0 Å². The Bertz CT molecular complexity index is 1240. The second-order valence-electron chi connectivity index (χ2n) is 7.36. The van der Waals surface area contributed by atoms with Crippen LogP contribution in [0, 0.1) is 0 Å². The molecular weight excluding hydrogens is 382 g/mol. The summed E-state index contributed by atoms with van der Waals surface area (Å²) in [4.78, 5) is 29.2. The summed E-state index contributed by atoms with van der Waals surface area (Å²) in [6, 6.07) is 19.8. The molecule has 1 aromatic heterocycles. The third-order valence-electron chi connectivity index (χ3n) is 4.99. The molecular formula is C23H19N3O2S. The lowest BCUT2D eigenvalue weighted by atomic mass is 10.1. The van der Waals surface area contributed by atoms with Gasteiger partial charge in [0.25, 0.3) is 5.91 Å². The van der Waals surface area contributed by atoms with E-state index in [1.54, 1.807) is 0 Å². The van der Waals surface area contributed by atoms with Crippen molar-refractivity contribution in [3.05, 3.63) is 71.8 Å². The maximum absolute atomic E-state index is 12.7. The number of thiazole rings is 1. The molecule has 0 atom stereocenters. The number of hydrogen-bond donors (Lipinski definition) is 2. The highest BCUT2D eigenvalue weighted by Crippen LogP contribution is 2.28. The van der Waals surface area contributed by atoms with Crippen molar-refractivity contribution >= 4 is 49.3 Å². The van der Waals surface area contributed by atoms with Gasteiger partial charge in [-0.2, -0.15) is 0 Å². The topological polar surface area (TPSA) is 71.1 Å². The first-order valence-electron chi connectivity index (χ1n) is 9.63. The number of nitrogens with zero attached hydrogens (tertiary/aromatic N) is 1. The van der Waals surface area contributed by atoms with Crippen LogP contribution < -0.4 is 10.6 Å². The van der Waals surface area contributed by atoms with E-state index in [9.17, 15) is 9.59 Å². The van der Waals surface area contributed by atoms with Crippen LogP contribution in [0.5, 0.6) is 0 Å². The maximum Gasteiger partial charge on any atom is 0.257 e. The van der Waals surface area contributed by atoms with Gasteiger partial charge in [0.1, 0.15) is 0 Å². The summed E-state index contributed by atoms with van der Waals surface area (Å²) in [6.45, 7) is 0. The first-order valence-corrected chi connectivity index (χ1v) is 10.4. The van der Waals surface area contributed by atoms with E-state index in [-0.39, 0.29) is 11.8 Å². The highest BCUT2D eigenvalue weighted by atomic mass is 32.1. The normalized spacial score (nSPS) is 13.5. The molecule has 3 aromatic carbocycles. The fraction of sp³-hybridized carbons (Fsp3) is 0.174. The van der Waals surface area contributed by atoms with Crippen LogP contribution in [0.1, 0.15) is 28.8 Å². The highest BCUT2D eigenvalue weighted by molar-refractivity contribution is 7.22. The summed E-state index contributed by atoms with van der Waals surface area (Å²) in [7, 11) is 0. The quantitative estimate of drug-likeness (QED) is 0.516. The molecule has 1 fully saturated rings. The lowest BCUT2D eigenvalue weighted by Gasteiger charge is -2.03. The third kappa shape index (κ3) is 3.98. The van der Waals surface area contributed by atoms with Crippen molar-refractivity contribution in [1.82, 2.24) is 10.3 Å². The molecule has 2 amide bonds. The largest absolute Gasteiger partial charge is 0.353 e. The van der Waals surface area contributed by atoms with Gasteiger partial charge in [0.2, 0.25) is 5.91 Å². The summed E-state index contributed by atoms with van der Waals surface area (Å²) in [5, 5.41) is 8.58. The molecule has 2 N–H and O–H groups in total. The van der Waals surface area contributed by atoms with Crippen molar-refractivity contribution in [2.24, 2.45) is 0 Å². The van der Waals surface area contributed by atoms with Gasteiger partial charge in [-0.1, -0.05) is 47.7 Å². The van der Waals surface area contributed by atoms with Gasteiger partial charge in [0.15, 0.2) is 5.13 Å². The monoisotopic (exact) mass is 401 g/mol. The molecule has 5 nitrogen and oxygen atoms in total. The van der Waals surface area contributed by atoms with Crippen molar-refractivity contribution in [1.29, 1.82) is 0 Å². The van der Waals surface area contributed by atoms with Gasteiger partial charge in [-0.05, 0) is 53.4 Å². The zero-order valence-corrected chi connectivity index (χ0v) is 16.5. The minimum absolute atomic E-state index is 0.0567. The van der Waals surface area contributed by atoms with Crippen LogP contribution in [-0.2, 0) is 11.2 Å². The van der Waals surface area contributed by atoms with Gasteiger partial charge in [0, 0.05) is 11.6 Å². The SMILES string of the molecule is O=C(Cc1ccc2nc(NC(=O)c3ccc4ccccc4c3)sc2c1)NC1CC1. The van der Waals surface area contributed by atoms with Crippen LogP contribution in [0.4, 0.5) is 5.13 Å². The number of anilines is 1. The molecule has 29 heavy (non-hydrogen) atoms. The van der Waals surface area contributed by atoms with Crippen molar-refractivity contribution < 1.29 is 9.59 Å². The Labute approximate surface area is 171 Å². The molecule has 0 unspecified atom stereocenters. The number of carbonyl (C=O) groups excluding carboxylic acids is 2. The average molecular weight is 401 g/mol. The smallest absolute Gasteiger partial charge is 0.257 e. The number of hydrogen-bond acceptors (Lipinski definition) is 4. The summed E-state index contributed by atoms with van der Waals surface area (Å²) in [5.74, 6) is -0.125. The Balaban J connectivity index is 1.32. The summed E-state index contributed by atoms with van der Waals surface area (Å²) in [6.07, 6.45) is 2.53. The first kappa shape index (κ1) is 17.8. The van der Waals surface area contributed by atoms with Gasteiger partial charge in [0.05, 0.1) is 16.6 Å². The first-order chi connectivity index (χ1) is 14.1. The Morgan fingerprint density at radius 2 is 1.83 bits per heavy atom. The fourth-order valence-electron chi connectivity index (χ4n) is 3.32. The number of fused-ring (bicyclic) bond motifs is 2. The third-order valence-corrected chi connectivity index (χ3v) is 5.93. The summed E-state index contributed by atoms with van der Waals surface area (Å²) in [5.41, 5.74) is 2.36. The molecule has 0 radical (unpaired) electrons. The van der Waals surface area contributed by atoms with Gasteiger partial charge in [-0.25, -0.2) is 4.98 Å². The zero-order chi connectivity index (χ0) is 19.8. The molecule has 0 saturated heterocycles. The zero-order valence-electron chi connectivity index (χ0n) is 15.6. The van der Waals surface area contributed by atoms with E-state index in [1.807, 2.05) is 60.7 Å². The molecule has 1 aliphatic rings. The minimum atomic E-state index is -0.182. The Morgan fingerprint density at radius 1 is 1.00 bits per heavy atom. The van der Waals surface area contributed by atoms with Gasteiger partial charge in [-0.3, -0.25) is 14.9 Å². The predicted molar refractivity (Wildman–Crippen MR) is 116 cm³/mol. The van der Waals surface area contributed by atoms with Gasteiger partial charge in [-0.15, -0.1) is 0 Å². The highest BCUT2D eigenvalue weighted by Gasteiger charge is 2.23. The number of nitrogens with one attached hydrogen (secondary N) is 2. The van der Waals surface area contributed by atoms with E-state index in [4.69, 9.17) is 0 Å². The molecule has 4 aromatic rings. The summed E-state index contributed by atoms with van der Waals surface area (Å²) >= 11 is 1.42. The molecule has 1 saturated carbocycles. The van der Waals surface area contributed by atoms with Gasteiger partial charge < -0.3 is 5.32 Å². The molecule has 1 heterocycles. The van der Waals surface area contributed by atoms with Crippen LogP contribution in [-0.4, -0.2) is 22.8 Å². The number of aromatic nitrogens is 1. The van der Waals surface area contributed by atoms with Crippen molar-refractivity contribution in [2.45, 2.75) is 25.3 Å². The molecule has 5 rings (SSSR count). The standard InChI is InChI=1S/C23H19N3O2S/c27-21(24-18-8-9-18)12-14-5-10-19-20(11-14)29-23(25-19)26-22(28)17-7-6-15-3-1-2-4-16(15)13-17/h1-7,10-11,13,18H,8-9,12H2,(H,24,27)(H,25,26,28). The van der Waals surface area contributed by atoms with E-state index in [1.165, 1.54) is 11.3 Å². The van der Waals surface area contributed by atoms with Crippen molar-refractivity contribution in [3.63, 3.8) is 0 Å². The lowest BCUT2D eigenvalue weighted by molar-refractivity contribution is -0.120. The van der Waals surface area contributed by atoms with Crippen LogP contribution in [0.15, 0.2) is 60.7 Å². The molecule has 0 bridgehead atoms. The van der Waals surface area contributed by atoms with E-state index in [2.05, 4.69) is 15.6 Å². The van der Waals surface area contributed by atoms with E-state index in [0.717, 1.165) is 39.4 Å². The minimum Gasteiger partial charge on any atom is -0.353 e. The Kier molecular flexibility index (Phi) is 4.48. The van der Waals surface area contributed by atoms with E-state index >= 15 is 0 Å². The molecule has 0 spiro atoms. The number of amides is 2. The maximum atomic E-state index is 12.7. The average Bonchev–Trinajstić information content (AvgIpc) is 3.44. The fourth-order valence-corrected chi connectivity index (χ4v) is 4.25. The number of benzene rings is 3.